The lowest BCUT2D eigenvalue weighted by atomic mass is 10.2. The molecule has 0 saturated heterocycles. The first-order chi connectivity index (χ1) is 10.7. The molecule has 0 radical (unpaired) electrons. The van der Waals surface area contributed by atoms with Crippen molar-refractivity contribution in [3.63, 3.8) is 0 Å². The summed E-state index contributed by atoms with van der Waals surface area (Å²) >= 11 is 0. The Morgan fingerprint density at radius 1 is 1.41 bits per heavy atom. The number of carbonyl (C=O) groups excluding carboxylic acids is 1. The number of amides is 1. The Balaban J connectivity index is 1.92. The molecule has 2 aromatic heterocycles. The second kappa shape index (κ2) is 8.14. The summed E-state index contributed by atoms with van der Waals surface area (Å²) in [5.41, 5.74) is 0.824. The quantitative estimate of drug-likeness (QED) is 0.741. The normalized spacial score (nSPS) is 11.9. The van der Waals surface area contributed by atoms with Crippen LogP contribution in [0.2, 0.25) is 0 Å². The predicted octanol–water partition coefficient (Wildman–Crippen LogP) is 1.18. The maximum Gasteiger partial charge on any atom is 0.243 e. The number of nitrogens with one attached hydrogen (secondary N) is 1. The number of carbonyl (C=O) groups is 1. The highest BCUT2D eigenvalue weighted by Crippen LogP contribution is 2.14. The highest BCUT2D eigenvalue weighted by Gasteiger charge is 2.14. The molecule has 1 atom stereocenters. The zero-order chi connectivity index (χ0) is 15.8. The smallest absolute Gasteiger partial charge is 0.243 e. The number of hydrogen-bond acceptors (Lipinski definition) is 5. The Kier molecular flexibility index (Phi) is 5.91. The second-order valence-corrected chi connectivity index (χ2v) is 4.71. The summed E-state index contributed by atoms with van der Waals surface area (Å²) in [7, 11) is 1.61. The molecule has 0 aromatic carbocycles. The van der Waals surface area contributed by atoms with Gasteiger partial charge < -0.3 is 19.4 Å². The third-order valence-corrected chi connectivity index (χ3v) is 3.18. The van der Waals surface area contributed by atoms with Gasteiger partial charge in [0.25, 0.3) is 0 Å². The van der Waals surface area contributed by atoms with E-state index in [0.29, 0.717) is 25.6 Å². The van der Waals surface area contributed by atoms with Gasteiger partial charge in [0.15, 0.2) is 0 Å². The van der Waals surface area contributed by atoms with Gasteiger partial charge in [-0.05, 0) is 13.0 Å². The Morgan fingerprint density at radius 3 is 3.00 bits per heavy atom. The summed E-state index contributed by atoms with van der Waals surface area (Å²) < 4.78 is 12.2. The molecule has 0 aliphatic carbocycles. The van der Waals surface area contributed by atoms with Gasteiger partial charge in [-0.1, -0.05) is 6.07 Å². The number of nitrogens with zero attached hydrogens (tertiary/aromatic N) is 3. The average Bonchev–Trinajstić information content (AvgIpc) is 3.07. The van der Waals surface area contributed by atoms with Crippen molar-refractivity contribution in [1.82, 2.24) is 19.9 Å². The zero-order valence-electron chi connectivity index (χ0n) is 12.7. The van der Waals surface area contributed by atoms with E-state index in [4.69, 9.17) is 9.47 Å². The molecule has 0 bridgehead atoms. The minimum Gasteiger partial charge on any atom is -0.475 e. The first-order valence-corrected chi connectivity index (χ1v) is 7.03. The van der Waals surface area contributed by atoms with Crippen molar-refractivity contribution in [3.05, 3.63) is 42.6 Å². The summed E-state index contributed by atoms with van der Waals surface area (Å²) in [4.78, 5) is 20.3. The van der Waals surface area contributed by atoms with Gasteiger partial charge in [0.05, 0.1) is 12.9 Å². The van der Waals surface area contributed by atoms with E-state index < -0.39 is 0 Å². The molecule has 0 spiro atoms. The maximum absolute atomic E-state index is 12.1. The largest absolute Gasteiger partial charge is 0.475 e. The summed E-state index contributed by atoms with van der Waals surface area (Å²) in [6.45, 7) is 3.07. The van der Waals surface area contributed by atoms with Crippen LogP contribution >= 0.6 is 0 Å². The summed E-state index contributed by atoms with van der Waals surface area (Å²) in [6.07, 6.45) is 6.68. The average molecular weight is 304 g/mol. The van der Waals surface area contributed by atoms with Crippen LogP contribution < -0.4 is 10.1 Å². The van der Waals surface area contributed by atoms with Gasteiger partial charge in [0.1, 0.15) is 12.6 Å². The fraction of sp³-hybridized carbons (Fsp3) is 0.400. The molecule has 2 rings (SSSR count). The van der Waals surface area contributed by atoms with Crippen molar-refractivity contribution < 1.29 is 14.3 Å². The van der Waals surface area contributed by atoms with Crippen LogP contribution in [0.5, 0.6) is 5.88 Å². The van der Waals surface area contributed by atoms with Gasteiger partial charge in [-0.2, -0.15) is 0 Å². The first kappa shape index (κ1) is 16.0. The summed E-state index contributed by atoms with van der Waals surface area (Å²) in [5, 5.41) is 2.88. The predicted molar refractivity (Wildman–Crippen MR) is 80.4 cm³/mol. The first-order valence-electron chi connectivity index (χ1n) is 7.03. The Labute approximate surface area is 129 Å². The number of ether oxygens (including phenoxy) is 2. The molecule has 0 unspecified atom stereocenters. The summed E-state index contributed by atoms with van der Waals surface area (Å²) in [5.74, 6) is 0.417. The van der Waals surface area contributed by atoms with Crippen LogP contribution in [-0.2, 0) is 16.1 Å². The minimum absolute atomic E-state index is 0.0929. The molecule has 0 aliphatic heterocycles. The number of hydrogen-bond donors (Lipinski definition) is 1. The lowest BCUT2D eigenvalue weighted by molar-refractivity contribution is -0.124. The number of rotatable bonds is 8. The standard InChI is InChI=1S/C15H20N4O3/c1-12(19-7-6-16-11-19)14(20)18-10-13-4-3-5-17-15(13)22-9-8-21-2/h3-7,11-12H,8-10H2,1-2H3,(H,18,20)/t12-/m0/s1. The molecule has 7 heteroatoms. The van der Waals surface area contributed by atoms with Crippen molar-refractivity contribution in [2.45, 2.75) is 19.5 Å². The minimum atomic E-state index is -0.322. The summed E-state index contributed by atoms with van der Waals surface area (Å²) in [6, 6.07) is 3.36. The molecular formula is C15H20N4O3. The van der Waals surface area contributed by atoms with E-state index in [0.717, 1.165) is 5.56 Å². The molecule has 7 nitrogen and oxygen atoms in total. The molecule has 2 heterocycles. The van der Waals surface area contributed by atoms with E-state index in [-0.39, 0.29) is 11.9 Å². The fourth-order valence-corrected chi connectivity index (χ4v) is 1.87. The maximum atomic E-state index is 12.1. The van der Waals surface area contributed by atoms with Gasteiger partial charge in [-0.25, -0.2) is 9.97 Å². The van der Waals surface area contributed by atoms with Gasteiger partial charge >= 0.3 is 0 Å². The molecule has 0 saturated carbocycles. The van der Waals surface area contributed by atoms with Gasteiger partial charge in [0, 0.05) is 37.8 Å². The highest BCUT2D eigenvalue weighted by molar-refractivity contribution is 5.79. The van der Waals surface area contributed by atoms with E-state index in [1.807, 2.05) is 19.1 Å². The van der Waals surface area contributed by atoms with Crippen molar-refractivity contribution in [1.29, 1.82) is 0 Å². The van der Waals surface area contributed by atoms with Gasteiger partial charge in [0.2, 0.25) is 11.8 Å². The topological polar surface area (TPSA) is 78.3 Å². The number of pyridine rings is 1. The molecular weight excluding hydrogens is 284 g/mol. The second-order valence-electron chi connectivity index (χ2n) is 4.71. The van der Waals surface area contributed by atoms with E-state index >= 15 is 0 Å². The van der Waals surface area contributed by atoms with Crippen molar-refractivity contribution in [2.24, 2.45) is 0 Å². The molecule has 1 N–H and O–H groups in total. The monoisotopic (exact) mass is 304 g/mol. The lowest BCUT2D eigenvalue weighted by Crippen LogP contribution is -2.30. The molecule has 1 amide bonds. The Hall–Kier alpha value is -2.41. The fourth-order valence-electron chi connectivity index (χ4n) is 1.87. The molecule has 22 heavy (non-hydrogen) atoms. The zero-order valence-corrected chi connectivity index (χ0v) is 12.7. The van der Waals surface area contributed by atoms with E-state index in [2.05, 4.69) is 15.3 Å². The van der Waals surface area contributed by atoms with Crippen LogP contribution in [0.25, 0.3) is 0 Å². The van der Waals surface area contributed by atoms with Crippen LogP contribution in [0, 0.1) is 0 Å². The number of aromatic nitrogens is 3. The molecule has 118 valence electrons. The van der Waals surface area contributed by atoms with Crippen molar-refractivity contribution in [2.75, 3.05) is 20.3 Å². The van der Waals surface area contributed by atoms with E-state index in [1.54, 1.807) is 36.6 Å². The van der Waals surface area contributed by atoms with Gasteiger partial charge in [-0.3, -0.25) is 4.79 Å². The van der Waals surface area contributed by atoms with E-state index in [1.165, 1.54) is 0 Å². The number of methoxy groups -OCH3 is 1. The number of imidazole rings is 1. The van der Waals surface area contributed by atoms with Gasteiger partial charge in [-0.15, -0.1) is 0 Å². The van der Waals surface area contributed by atoms with Crippen LogP contribution in [0.1, 0.15) is 18.5 Å². The Bertz CT molecular complexity index is 586. The molecule has 0 aliphatic rings. The van der Waals surface area contributed by atoms with Crippen molar-refractivity contribution in [3.8, 4) is 5.88 Å². The highest BCUT2D eigenvalue weighted by atomic mass is 16.5. The van der Waals surface area contributed by atoms with Crippen LogP contribution in [-0.4, -0.2) is 40.8 Å². The third-order valence-electron chi connectivity index (χ3n) is 3.18. The lowest BCUT2D eigenvalue weighted by Gasteiger charge is -2.14. The SMILES string of the molecule is COCCOc1ncccc1CNC(=O)[C@H](C)n1ccnc1. The van der Waals surface area contributed by atoms with Crippen LogP contribution in [0.4, 0.5) is 0 Å². The molecule has 0 fully saturated rings. The van der Waals surface area contributed by atoms with Crippen molar-refractivity contribution >= 4 is 5.91 Å². The molecule has 2 aromatic rings. The van der Waals surface area contributed by atoms with E-state index in [9.17, 15) is 4.79 Å². The Morgan fingerprint density at radius 2 is 2.27 bits per heavy atom. The van der Waals surface area contributed by atoms with Crippen LogP contribution in [0.15, 0.2) is 37.1 Å². The van der Waals surface area contributed by atoms with Crippen LogP contribution in [0.3, 0.4) is 0 Å². The third kappa shape index (κ3) is 4.29.